The average Bonchev–Trinajstić information content (AvgIpc) is 2.48. The van der Waals surface area contributed by atoms with E-state index in [4.69, 9.17) is 14.4 Å². The molecule has 1 atom stereocenters. The Bertz CT molecular complexity index is 469. The molecule has 0 rings (SSSR count). The molecule has 0 spiro atoms. The minimum atomic E-state index is -4.81. The molecule has 0 aliphatic heterocycles. The SMILES string of the molecule is CCCCCCCCCCCCOC(=O)CC(C(=O)O)S(=O)(=O)O.[NaH].[NaH]. The number of rotatable bonds is 15. The van der Waals surface area contributed by atoms with Gasteiger partial charge in [0.1, 0.15) is 0 Å². The molecule has 0 aliphatic carbocycles. The average molecular weight is 414 g/mol. The number of carbonyl (C=O) groups is 2. The van der Waals surface area contributed by atoms with Crippen molar-refractivity contribution in [2.45, 2.75) is 82.8 Å². The van der Waals surface area contributed by atoms with Crippen molar-refractivity contribution < 1.29 is 32.4 Å². The summed E-state index contributed by atoms with van der Waals surface area (Å²) in [7, 11) is -4.81. The molecule has 0 saturated carbocycles. The normalized spacial score (nSPS) is 11.8. The van der Waals surface area contributed by atoms with Gasteiger partial charge in [-0.2, -0.15) is 8.42 Å². The predicted octanol–water partition coefficient (Wildman–Crippen LogP) is 1.88. The molecule has 0 radical (unpaired) electrons. The van der Waals surface area contributed by atoms with Gasteiger partial charge in [0.05, 0.1) is 13.0 Å². The van der Waals surface area contributed by atoms with E-state index in [0.717, 1.165) is 19.3 Å². The second-order valence-electron chi connectivity index (χ2n) is 5.95. The summed E-state index contributed by atoms with van der Waals surface area (Å²) in [6.45, 7) is 2.32. The first-order chi connectivity index (χ1) is 11.3. The summed E-state index contributed by atoms with van der Waals surface area (Å²) < 4.78 is 35.2. The van der Waals surface area contributed by atoms with Crippen LogP contribution in [0.5, 0.6) is 0 Å². The fraction of sp³-hybridized carbons (Fsp3) is 0.875. The zero-order valence-electron chi connectivity index (χ0n) is 14.4. The molecule has 0 saturated heterocycles. The van der Waals surface area contributed by atoms with E-state index < -0.39 is 33.7 Å². The first-order valence-electron chi connectivity index (χ1n) is 8.63. The summed E-state index contributed by atoms with van der Waals surface area (Å²) in [6.07, 6.45) is 10.5. The van der Waals surface area contributed by atoms with E-state index in [1.54, 1.807) is 0 Å². The van der Waals surface area contributed by atoms with Crippen molar-refractivity contribution in [2.24, 2.45) is 0 Å². The van der Waals surface area contributed by atoms with Crippen LogP contribution >= 0.6 is 0 Å². The molecule has 0 amide bonds. The molecule has 7 nitrogen and oxygen atoms in total. The molecule has 0 fully saturated rings. The Morgan fingerprint density at radius 1 is 0.885 bits per heavy atom. The number of hydrogen-bond acceptors (Lipinski definition) is 5. The predicted molar refractivity (Wildman–Crippen MR) is 105 cm³/mol. The monoisotopic (exact) mass is 414 g/mol. The fourth-order valence-corrected chi connectivity index (χ4v) is 2.91. The van der Waals surface area contributed by atoms with Gasteiger partial charge in [-0.25, -0.2) is 0 Å². The summed E-state index contributed by atoms with van der Waals surface area (Å²) in [5.41, 5.74) is 0. The Hall–Kier alpha value is 0.850. The van der Waals surface area contributed by atoms with Gasteiger partial charge in [-0.15, -0.1) is 0 Å². The van der Waals surface area contributed by atoms with E-state index in [1.807, 2.05) is 0 Å². The minimum absolute atomic E-state index is 0. The van der Waals surface area contributed by atoms with Crippen LogP contribution in [0.2, 0.25) is 0 Å². The Labute approximate surface area is 201 Å². The first kappa shape index (κ1) is 31.5. The Balaban J connectivity index is -0.00000264. The topological polar surface area (TPSA) is 118 Å². The second kappa shape index (κ2) is 19.2. The van der Waals surface area contributed by atoms with Crippen LogP contribution < -0.4 is 0 Å². The van der Waals surface area contributed by atoms with Crippen molar-refractivity contribution in [2.75, 3.05) is 6.61 Å². The van der Waals surface area contributed by atoms with Crippen LogP contribution in [0, 0.1) is 0 Å². The van der Waals surface area contributed by atoms with Gasteiger partial charge in [0.25, 0.3) is 10.1 Å². The zero-order chi connectivity index (χ0) is 18.4. The number of unbranched alkanes of at least 4 members (excludes halogenated alkanes) is 9. The molecule has 10 heteroatoms. The number of carboxylic acids is 1. The Kier molecular flexibility index (Phi) is 23.3. The van der Waals surface area contributed by atoms with E-state index in [9.17, 15) is 18.0 Å². The maximum atomic E-state index is 11.4. The fourth-order valence-electron chi connectivity index (χ4n) is 2.31. The third-order valence-corrected chi connectivity index (χ3v) is 4.84. The molecule has 0 aromatic heterocycles. The molecule has 0 aromatic rings. The molecule has 0 aliphatic rings. The van der Waals surface area contributed by atoms with Crippen molar-refractivity contribution in [1.82, 2.24) is 0 Å². The third kappa shape index (κ3) is 18.2. The van der Waals surface area contributed by atoms with Crippen molar-refractivity contribution in [3.05, 3.63) is 0 Å². The van der Waals surface area contributed by atoms with Crippen molar-refractivity contribution >= 4 is 81.2 Å². The van der Waals surface area contributed by atoms with Gasteiger partial charge in [0.15, 0.2) is 5.25 Å². The Morgan fingerprint density at radius 2 is 1.31 bits per heavy atom. The van der Waals surface area contributed by atoms with E-state index >= 15 is 0 Å². The number of carbonyl (C=O) groups excluding carboxylic acids is 1. The van der Waals surface area contributed by atoms with Crippen molar-refractivity contribution in [3.63, 3.8) is 0 Å². The molecule has 146 valence electrons. The molecule has 0 aromatic carbocycles. The molecule has 0 heterocycles. The van der Waals surface area contributed by atoms with E-state index in [2.05, 4.69) is 6.92 Å². The summed E-state index contributed by atoms with van der Waals surface area (Å²) in [6, 6.07) is 0. The van der Waals surface area contributed by atoms with Gasteiger partial charge in [0.2, 0.25) is 0 Å². The van der Waals surface area contributed by atoms with Gasteiger partial charge in [-0.1, -0.05) is 64.7 Å². The summed E-state index contributed by atoms with van der Waals surface area (Å²) in [4.78, 5) is 22.1. The summed E-state index contributed by atoms with van der Waals surface area (Å²) in [5, 5.41) is 6.50. The van der Waals surface area contributed by atoms with E-state index in [-0.39, 0.29) is 65.7 Å². The zero-order valence-corrected chi connectivity index (χ0v) is 15.2. The molecule has 0 bridgehead atoms. The molecular weight excluding hydrogens is 382 g/mol. The standard InChI is InChI=1S/C16H30O7S.2Na.2H/c1-2-3-4-5-6-7-8-9-10-11-12-23-15(17)13-14(16(18)19)24(20,21)22;;;;/h14H,2-13H2,1H3,(H,18,19)(H,20,21,22);;;;. The number of carboxylic acid groups (broad SMARTS) is 1. The first-order valence-corrected chi connectivity index (χ1v) is 10.1. The van der Waals surface area contributed by atoms with Crippen molar-refractivity contribution in [3.8, 4) is 0 Å². The number of hydrogen-bond donors (Lipinski definition) is 2. The Morgan fingerprint density at radius 3 is 1.69 bits per heavy atom. The quantitative estimate of drug-likeness (QED) is 0.182. The number of aliphatic carboxylic acids is 1. The maximum absolute atomic E-state index is 11.4. The van der Waals surface area contributed by atoms with Crippen molar-refractivity contribution in [1.29, 1.82) is 0 Å². The van der Waals surface area contributed by atoms with Crippen LogP contribution in [0.25, 0.3) is 0 Å². The number of esters is 1. The van der Waals surface area contributed by atoms with Crippen LogP contribution in [-0.4, -0.2) is 101 Å². The van der Waals surface area contributed by atoms with Crippen LogP contribution in [0.15, 0.2) is 0 Å². The van der Waals surface area contributed by atoms with Gasteiger partial charge in [-0.05, 0) is 6.42 Å². The van der Waals surface area contributed by atoms with Crippen LogP contribution in [0.3, 0.4) is 0 Å². The van der Waals surface area contributed by atoms with Gasteiger partial charge in [0, 0.05) is 0 Å². The third-order valence-electron chi connectivity index (χ3n) is 3.75. The number of ether oxygens (including phenoxy) is 1. The van der Waals surface area contributed by atoms with E-state index in [1.165, 1.54) is 38.5 Å². The van der Waals surface area contributed by atoms with Gasteiger partial charge in [-0.3, -0.25) is 14.1 Å². The van der Waals surface area contributed by atoms with Crippen LogP contribution in [0.1, 0.15) is 77.6 Å². The van der Waals surface area contributed by atoms with Gasteiger partial charge >= 0.3 is 71.1 Å². The molecule has 1 unspecified atom stereocenters. The van der Waals surface area contributed by atoms with Crippen LogP contribution in [0.4, 0.5) is 0 Å². The van der Waals surface area contributed by atoms with Gasteiger partial charge < -0.3 is 9.84 Å². The summed E-state index contributed by atoms with van der Waals surface area (Å²) in [5.74, 6) is -2.70. The van der Waals surface area contributed by atoms with E-state index in [0.29, 0.717) is 6.42 Å². The molecular formula is C16H32Na2O7S. The molecule has 2 N–H and O–H groups in total. The van der Waals surface area contributed by atoms with Crippen LogP contribution in [-0.2, 0) is 24.4 Å². The second-order valence-corrected chi connectivity index (χ2v) is 7.55. The molecule has 26 heavy (non-hydrogen) atoms. The summed E-state index contributed by atoms with van der Waals surface area (Å²) >= 11 is 0.